The molecule has 3 aromatic rings. The zero-order chi connectivity index (χ0) is 23.5. The normalized spacial score (nSPS) is 14.9. The van der Waals surface area contributed by atoms with E-state index < -0.39 is 0 Å². The molecule has 5 nitrogen and oxygen atoms in total. The predicted octanol–water partition coefficient (Wildman–Crippen LogP) is 5.15. The van der Waals surface area contributed by atoms with Crippen LogP contribution in [0.2, 0.25) is 0 Å². The molecule has 1 heterocycles. The highest BCUT2D eigenvalue weighted by Crippen LogP contribution is 2.31. The van der Waals surface area contributed by atoms with Gasteiger partial charge in [-0.2, -0.15) is 0 Å². The molecular weight excluding hydrogens is 412 g/mol. The van der Waals surface area contributed by atoms with Crippen molar-refractivity contribution in [3.05, 3.63) is 88.5 Å². The molecule has 33 heavy (non-hydrogen) atoms. The van der Waals surface area contributed by atoms with Gasteiger partial charge in [-0.3, -0.25) is 14.4 Å². The first-order valence-corrected chi connectivity index (χ1v) is 11.2. The number of carbonyl (C=O) groups is 3. The summed E-state index contributed by atoms with van der Waals surface area (Å²) in [5.41, 5.74) is 7.21. The molecule has 0 spiro atoms. The third-order valence-corrected chi connectivity index (χ3v) is 6.14. The predicted molar refractivity (Wildman–Crippen MR) is 131 cm³/mol. The van der Waals surface area contributed by atoms with Gasteiger partial charge in [-0.1, -0.05) is 42.5 Å². The first-order valence-electron chi connectivity index (χ1n) is 11.2. The van der Waals surface area contributed by atoms with Crippen LogP contribution in [-0.2, 0) is 17.6 Å². The summed E-state index contributed by atoms with van der Waals surface area (Å²) in [5.74, 6) is -0.262. The summed E-state index contributed by atoms with van der Waals surface area (Å²) in [5, 5.41) is 6.46. The number of rotatable bonds is 6. The number of hydrogen-bond donors (Lipinski definition) is 2. The first kappa shape index (κ1) is 22.6. The largest absolute Gasteiger partial charge is 0.326 e. The second kappa shape index (κ2) is 9.51. The Morgan fingerprint density at radius 3 is 2.24 bits per heavy atom. The second-order valence-corrected chi connectivity index (χ2v) is 8.59. The smallest absolute Gasteiger partial charge is 0.221 e. The third kappa shape index (κ3) is 4.94. The zero-order valence-corrected chi connectivity index (χ0v) is 19.2. The Bertz CT molecular complexity index is 1230. The minimum absolute atomic E-state index is 0.0744. The molecule has 0 aliphatic carbocycles. The fourth-order valence-corrected chi connectivity index (χ4v) is 4.55. The minimum atomic E-state index is -0.0982. The maximum absolute atomic E-state index is 12.2. The number of carbonyl (C=O) groups excluding carboxylic acids is 3. The van der Waals surface area contributed by atoms with Gasteiger partial charge >= 0.3 is 0 Å². The average molecular weight is 441 g/mol. The van der Waals surface area contributed by atoms with Crippen molar-refractivity contribution in [2.24, 2.45) is 0 Å². The molecule has 1 aliphatic heterocycles. The van der Waals surface area contributed by atoms with E-state index in [-0.39, 0.29) is 23.5 Å². The second-order valence-electron chi connectivity index (χ2n) is 8.59. The summed E-state index contributed by atoms with van der Waals surface area (Å²) in [4.78, 5) is 35.8. The fourth-order valence-electron chi connectivity index (χ4n) is 4.55. The molecule has 4 rings (SSSR count). The van der Waals surface area contributed by atoms with Crippen molar-refractivity contribution in [1.29, 1.82) is 0 Å². The monoisotopic (exact) mass is 440 g/mol. The molecule has 0 radical (unpaired) electrons. The van der Waals surface area contributed by atoms with Crippen molar-refractivity contribution >= 4 is 23.2 Å². The van der Waals surface area contributed by atoms with Crippen molar-refractivity contribution in [1.82, 2.24) is 5.32 Å². The lowest BCUT2D eigenvalue weighted by atomic mass is 9.85. The Hall–Kier alpha value is -3.57. The molecule has 168 valence electrons. The Kier molecular flexibility index (Phi) is 6.52. The lowest BCUT2D eigenvalue weighted by Gasteiger charge is -2.28. The van der Waals surface area contributed by atoms with Gasteiger partial charge < -0.3 is 10.6 Å². The van der Waals surface area contributed by atoms with Crippen LogP contribution < -0.4 is 10.6 Å². The Balaban J connectivity index is 1.61. The number of amides is 1. The minimum Gasteiger partial charge on any atom is -0.326 e. The Morgan fingerprint density at radius 1 is 0.909 bits per heavy atom. The van der Waals surface area contributed by atoms with Gasteiger partial charge in [-0.25, -0.2) is 0 Å². The van der Waals surface area contributed by atoms with Crippen LogP contribution in [-0.4, -0.2) is 24.0 Å². The molecule has 1 amide bonds. The van der Waals surface area contributed by atoms with Crippen molar-refractivity contribution in [2.75, 3.05) is 11.9 Å². The van der Waals surface area contributed by atoms with Crippen LogP contribution in [0, 0.1) is 0 Å². The summed E-state index contributed by atoms with van der Waals surface area (Å²) in [6, 6.07) is 20.0. The maximum Gasteiger partial charge on any atom is 0.221 e. The summed E-state index contributed by atoms with van der Waals surface area (Å²) in [6.07, 6.45) is 1.61. The maximum atomic E-state index is 12.2. The lowest BCUT2D eigenvalue weighted by molar-refractivity contribution is -0.114. The van der Waals surface area contributed by atoms with E-state index in [0.717, 1.165) is 47.3 Å². The quantitative estimate of drug-likeness (QED) is 0.520. The SMILES string of the molecule is CC(=O)Nc1ccccc1-c1ccc(CC2NCCc3cc(C(C)=O)c(C(C)=O)cc32)cc1. The van der Waals surface area contributed by atoms with E-state index in [1.165, 1.54) is 26.3 Å². The highest BCUT2D eigenvalue weighted by atomic mass is 16.1. The molecule has 0 fully saturated rings. The van der Waals surface area contributed by atoms with Crippen LogP contribution >= 0.6 is 0 Å². The van der Waals surface area contributed by atoms with Gasteiger partial charge in [0.05, 0.1) is 0 Å². The molecule has 5 heteroatoms. The standard InChI is InChI=1S/C28H28N2O3/c1-17(31)24-15-22-12-13-29-28(26(22)16-25(24)18(2)32)14-20-8-10-21(11-9-20)23-6-4-5-7-27(23)30-19(3)33/h4-11,15-16,28-29H,12-14H2,1-3H3,(H,30,33). The number of benzene rings is 3. The number of fused-ring (bicyclic) bond motifs is 1. The zero-order valence-electron chi connectivity index (χ0n) is 19.2. The van der Waals surface area contributed by atoms with Crippen molar-refractivity contribution in [2.45, 2.75) is 39.7 Å². The molecule has 0 aromatic heterocycles. The van der Waals surface area contributed by atoms with Crippen LogP contribution in [0.4, 0.5) is 5.69 Å². The summed E-state index contributed by atoms with van der Waals surface area (Å²) in [7, 11) is 0. The number of ketones is 2. The summed E-state index contributed by atoms with van der Waals surface area (Å²) >= 11 is 0. The molecule has 1 aliphatic rings. The molecule has 0 saturated heterocycles. The number of anilines is 1. The average Bonchev–Trinajstić information content (AvgIpc) is 2.79. The van der Waals surface area contributed by atoms with Gasteiger partial charge in [0.25, 0.3) is 0 Å². The van der Waals surface area contributed by atoms with E-state index in [2.05, 4.69) is 34.9 Å². The van der Waals surface area contributed by atoms with Gasteiger partial charge in [-0.15, -0.1) is 0 Å². The number of hydrogen-bond acceptors (Lipinski definition) is 4. The molecule has 1 atom stereocenters. The lowest BCUT2D eigenvalue weighted by Crippen LogP contribution is -2.32. The van der Waals surface area contributed by atoms with E-state index in [9.17, 15) is 14.4 Å². The van der Waals surface area contributed by atoms with Crippen LogP contribution in [0.3, 0.4) is 0 Å². The molecule has 3 aromatic carbocycles. The van der Waals surface area contributed by atoms with E-state index in [1.807, 2.05) is 36.4 Å². The van der Waals surface area contributed by atoms with Crippen LogP contribution in [0.1, 0.15) is 64.2 Å². The van der Waals surface area contributed by atoms with Crippen LogP contribution in [0.15, 0.2) is 60.7 Å². The Morgan fingerprint density at radius 2 is 1.58 bits per heavy atom. The number of Topliss-reactive ketones (excluding diaryl/α,β-unsaturated/α-hetero) is 2. The van der Waals surface area contributed by atoms with Gasteiger partial charge in [0.15, 0.2) is 11.6 Å². The Labute approximate surface area is 194 Å². The summed E-state index contributed by atoms with van der Waals surface area (Å²) < 4.78 is 0. The first-order chi connectivity index (χ1) is 15.8. The highest BCUT2D eigenvalue weighted by molar-refractivity contribution is 6.07. The van der Waals surface area contributed by atoms with E-state index in [1.54, 1.807) is 0 Å². The van der Waals surface area contributed by atoms with E-state index >= 15 is 0 Å². The van der Waals surface area contributed by atoms with Crippen molar-refractivity contribution < 1.29 is 14.4 Å². The van der Waals surface area contributed by atoms with Crippen LogP contribution in [0.5, 0.6) is 0 Å². The molecule has 2 N–H and O–H groups in total. The topological polar surface area (TPSA) is 75.3 Å². The van der Waals surface area contributed by atoms with E-state index in [0.29, 0.717) is 11.1 Å². The molecular formula is C28H28N2O3. The number of para-hydroxylation sites is 1. The molecule has 0 bridgehead atoms. The van der Waals surface area contributed by atoms with Gasteiger partial charge in [0, 0.05) is 35.3 Å². The number of nitrogens with one attached hydrogen (secondary N) is 2. The van der Waals surface area contributed by atoms with Gasteiger partial charge in [0.2, 0.25) is 5.91 Å². The van der Waals surface area contributed by atoms with Crippen LogP contribution in [0.25, 0.3) is 11.1 Å². The van der Waals surface area contributed by atoms with Crippen molar-refractivity contribution in [3.8, 4) is 11.1 Å². The van der Waals surface area contributed by atoms with E-state index in [4.69, 9.17) is 0 Å². The molecule has 1 unspecified atom stereocenters. The van der Waals surface area contributed by atoms with Gasteiger partial charge in [0.1, 0.15) is 0 Å². The highest BCUT2D eigenvalue weighted by Gasteiger charge is 2.24. The fraction of sp³-hybridized carbons (Fsp3) is 0.250. The third-order valence-electron chi connectivity index (χ3n) is 6.14. The molecule has 0 saturated carbocycles. The van der Waals surface area contributed by atoms with Gasteiger partial charge in [-0.05, 0) is 73.7 Å². The summed E-state index contributed by atoms with van der Waals surface area (Å²) in [6.45, 7) is 5.36. The van der Waals surface area contributed by atoms with Crippen molar-refractivity contribution in [3.63, 3.8) is 0 Å².